The van der Waals surface area contributed by atoms with E-state index < -0.39 is 10.8 Å². The minimum atomic E-state index is -0.562. The number of aromatic nitrogens is 4. The lowest BCUT2D eigenvalue weighted by Crippen LogP contribution is -2.24. The first-order valence-corrected chi connectivity index (χ1v) is 10.0. The fourth-order valence-corrected chi connectivity index (χ4v) is 3.49. The number of nitro groups is 1. The normalized spacial score (nSPS) is 10.5. The standard InChI is InChI=1S/C16H15N7O4S2/c1-22-12(8-18-14(25)10-3-2-4-11(7-10)23(26)27)20-21-16(22)29-9-13(24)19-15-17-5-6-28-15/h2-7H,8-9H2,1H3,(H,18,25)(H,17,19,24). The molecule has 1 aromatic carbocycles. The largest absolute Gasteiger partial charge is 0.345 e. The fourth-order valence-electron chi connectivity index (χ4n) is 2.22. The van der Waals surface area contributed by atoms with Gasteiger partial charge in [0.25, 0.3) is 11.6 Å². The van der Waals surface area contributed by atoms with Gasteiger partial charge in [-0.3, -0.25) is 19.7 Å². The van der Waals surface area contributed by atoms with Gasteiger partial charge < -0.3 is 15.2 Å². The highest BCUT2D eigenvalue weighted by atomic mass is 32.2. The van der Waals surface area contributed by atoms with Crippen molar-refractivity contribution in [2.75, 3.05) is 11.1 Å². The number of carbonyl (C=O) groups is 2. The number of rotatable bonds is 8. The number of nitro benzene ring substituents is 1. The summed E-state index contributed by atoms with van der Waals surface area (Å²) in [5.74, 6) is -0.0696. The zero-order valence-corrected chi connectivity index (χ0v) is 16.7. The fraction of sp³-hybridized carbons (Fsp3) is 0.188. The molecule has 2 aromatic heterocycles. The second-order valence-corrected chi connectivity index (χ2v) is 7.46. The first-order chi connectivity index (χ1) is 13.9. The lowest BCUT2D eigenvalue weighted by Gasteiger charge is -2.06. The number of thioether (sulfide) groups is 1. The maximum Gasteiger partial charge on any atom is 0.270 e. The van der Waals surface area contributed by atoms with Gasteiger partial charge in [0.15, 0.2) is 16.1 Å². The van der Waals surface area contributed by atoms with Crippen LogP contribution in [-0.4, -0.2) is 42.2 Å². The van der Waals surface area contributed by atoms with E-state index in [4.69, 9.17) is 0 Å². The van der Waals surface area contributed by atoms with Crippen molar-refractivity contribution in [3.8, 4) is 0 Å². The third kappa shape index (κ3) is 5.36. The predicted molar refractivity (Wildman–Crippen MR) is 107 cm³/mol. The van der Waals surface area contributed by atoms with Crippen LogP contribution in [0.2, 0.25) is 0 Å². The van der Waals surface area contributed by atoms with Crippen LogP contribution in [0.1, 0.15) is 16.2 Å². The predicted octanol–water partition coefficient (Wildman–Crippen LogP) is 1.84. The van der Waals surface area contributed by atoms with Gasteiger partial charge in [-0.2, -0.15) is 0 Å². The molecule has 0 aliphatic carbocycles. The molecule has 2 amide bonds. The molecule has 29 heavy (non-hydrogen) atoms. The number of carbonyl (C=O) groups excluding carboxylic acids is 2. The number of hydrogen-bond acceptors (Lipinski definition) is 9. The molecule has 0 saturated carbocycles. The van der Waals surface area contributed by atoms with E-state index in [0.29, 0.717) is 16.1 Å². The smallest absolute Gasteiger partial charge is 0.270 e. The van der Waals surface area contributed by atoms with Gasteiger partial charge in [0.1, 0.15) is 0 Å². The highest BCUT2D eigenvalue weighted by molar-refractivity contribution is 7.99. The van der Waals surface area contributed by atoms with Crippen molar-refractivity contribution >= 4 is 45.7 Å². The van der Waals surface area contributed by atoms with E-state index >= 15 is 0 Å². The Balaban J connectivity index is 1.54. The van der Waals surface area contributed by atoms with Crippen molar-refractivity contribution in [1.29, 1.82) is 0 Å². The molecule has 0 radical (unpaired) electrons. The number of nitrogens with zero attached hydrogens (tertiary/aromatic N) is 5. The third-order valence-corrected chi connectivity index (χ3v) is 5.37. The van der Waals surface area contributed by atoms with Gasteiger partial charge in [0, 0.05) is 36.3 Å². The summed E-state index contributed by atoms with van der Waals surface area (Å²) >= 11 is 2.53. The van der Waals surface area contributed by atoms with Crippen LogP contribution in [0.4, 0.5) is 10.8 Å². The first kappa shape index (κ1) is 20.4. The number of non-ortho nitro benzene ring substituents is 1. The highest BCUT2D eigenvalue weighted by Gasteiger charge is 2.15. The minimum absolute atomic E-state index is 0.0803. The maximum atomic E-state index is 12.2. The van der Waals surface area contributed by atoms with E-state index in [1.165, 1.54) is 47.4 Å². The van der Waals surface area contributed by atoms with E-state index in [9.17, 15) is 19.7 Å². The van der Waals surface area contributed by atoms with E-state index in [0.717, 1.165) is 0 Å². The lowest BCUT2D eigenvalue weighted by molar-refractivity contribution is -0.384. The van der Waals surface area contributed by atoms with Crippen molar-refractivity contribution in [1.82, 2.24) is 25.1 Å². The lowest BCUT2D eigenvalue weighted by atomic mass is 10.2. The van der Waals surface area contributed by atoms with Crippen LogP contribution >= 0.6 is 23.1 Å². The van der Waals surface area contributed by atoms with Crippen LogP contribution in [-0.2, 0) is 18.4 Å². The summed E-state index contributed by atoms with van der Waals surface area (Å²) < 4.78 is 1.66. The molecule has 0 fully saturated rings. The molecule has 0 bridgehead atoms. The van der Waals surface area contributed by atoms with Crippen molar-refractivity contribution in [3.63, 3.8) is 0 Å². The van der Waals surface area contributed by atoms with E-state index in [1.807, 2.05) is 0 Å². The number of amides is 2. The SMILES string of the molecule is Cn1c(CNC(=O)c2cccc([N+](=O)[O-])c2)nnc1SCC(=O)Nc1nccs1. The van der Waals surface area contributed by atoms with Crippen LogP contribution in [0.15, 0.2) is 41.0 Å². The molecule has 13 heteroatoms. The van der Waals surface area contributed by atoms with Crippen LogP contribution in [0.25, 0.3) is 0 Å². The monoisotopic (exact) mass is 433 g/mol. The van der Waals surface area contributed by atoms with Gasteiger partial charge in [-0.25, -0.2) is 4.98 Å². The molecule has 0 spiro atoms. The Morgan fingerprint density at radius 1 is 1.34 bits per heavy atom. The van der Waals surface area contributed by atoms with Gasteiger partial charge in [-0.05, 0) is 6.07 Å². The molecule has 3 rings (SSSR count). The number of anilines is 1. The highest BCUT2D eigenvalue weighted by Crippen LogP contribution is 2.17. The summed E-state index contributed by atoms with van der Waals surface area (Å²) in [6.45, 7) is 0.0803. The summed E-state index contributed by atoms with van der Waals surface area (Å²) in [6, 6.07) is 5.45. The van der Waals surface area contributed by atoms with Gasteiger partial charge >= 0.3 is 0 Å². The number of benzene rings is 1. The third-order valence-electron chi connectivity index (χ3n) is 3.66. The molecule has 11 nitrogen and oxygen atoms in total. The number of thiazole rings is 1. The zero-order valence-electron chi connectivity index (χ0n) is 15.1. The molecule has 0 aliphatic heterocycles. The van der Waals surface area contributed by atoms with Gasteiger partial charge in [-0.1, -0.05) is 17.8 Å². The Labute approximate surface area is 172 Å². The van der Waals surface area contributed by atoms with E-state index in [2.05, 4.69) is 25.8 Å². The summed E-state index contributed by atoms with van der Waals surface area (Å²) in [5.41, 5.74) is 0.0147. The molecule has 2 heterocycles. The summed E-state index contributed by atoms with van der Waals surface area (Å²) in [5, 5.41) is 27.0. The average Bonchev–Trinajstić information content (AvgIpc) is 3.34. The van der Waals surface area contributed by atoms with Crippen molar-refractivity contribution in [2.45, 2.75) is 11.7 Å². The molecule has 0 aliphatic rings. The topological polar surface area (TPSA) is 145 Å². The quantitative estimate of drug-likeness (QED) is 0.311. The Bertz CT molecular complexity index is 1040. The van der Waals surface area contributed by atoms with Crippen LogP contribution in [0.3, 0.4) is 0 Å². The Morgan fingerprint density at radius 3 is 2.90 bits per heavy atom. The molecule has 150 valence electrons. The Hall–Kier alpha value is -3.32. The first-order valence-electron chi connectivity index (χ1n) is 8.17. The molecule has 0 unspecified atom stereocenters. The van der Waals surface area contributed by atoms with Gasteiger partial charge in [-0.15, -0.1) is 21.5 Å². The minimum Gasteiger partial charge on any atom is -0.345 e. The Morgan fingerprint density at radius 2 is 2.17 bits per heavy atom. The van der Waals surface area contributed by atoms with E-state index in [1.54, 1.807) is 23.2 Å². The molecule has 2 N–H and O–H groups in total. The Kier molecular flexibility index (Phi) is 6.51. The van der Waals surface area contributed by atoms with Gasteiger partial charge in [0.05, 0.1) is 17.2 Å². The average molecular weight is 433 g/mol. The summed E-state index contributed by atoms with van der Waals surface area (Å²) in [6.07, 6.45) is 1.60. The maximum absolute atomic E-state index is 12.2. The number of hydrogen-bond donors (Lipinski definition) is 2. The zero-order chi connectivity index (χ0) is 20.8. The van der Waals surface area contributed by atoms with E-state index in [-0.39, 0.29) is 29.5 Å². The van der Waals surface area contributed by atoms with Crippen molar-refractivity contribution in [3.05, 3.63) is 57.3 Å². The molecule has 0 atom stereocenters. The molecule has 0 saturated heterocycles. The van der Waals surface area contributed by atoms with Gasteiger partial charge in [0.2, 0.25) is 5.91 Å². The van der Waals surface area contributed by atoms with Crippen LogP contribution in [0.5, 0.6) is 0 Å². The second kappa shape index (κ2) is 9.25. The van der Waals surface area contributed by atoms with Crippen molar-refractivity contribution in [2.24, 2.45) is 7.05 Å². The summed E-state index contributed by atoms with van der Waals surface area (Å²) in [4.78, 5) is 38.4. The molecular formula is C16H15N7O4S2. The number of nitrogens with one attached hydrogen (secondary N) is 2. The second-order valence-electron chi connectivity index (χ2n) is 5.62. The van der Waals surface area contributed by atoms with Crippen molar-refractivity contribution < 1.29 is 14.5 Å². The molecule has 3 aromatic rings. The molecular weight excluding hydrogens is 418 g/mol. The van der Waals surface area contributed by atoms with Crippen LogP contribution in [0, 0.1) is 10.1 Å². The van der Waals surface area contributed by atoms with Crippen LogP contribution < -0.4 is 10.6 Å². The summed E-state index contributed by atoms with van der Waals surface area (Å²) in [7, 11) is 1.72.